The third kappa shape index (κ3) is 4.82. The number of nitrogens with two attached hydrogens (primary N) is 1. The third-order valence-electron chi connectivity index (χ3n) is 2.50. The molecule has 1 saturated heterocycles. The molecule has 2 N–H and O–H groups in total. The minimum atomic E-state index is 0. The maximum atomic E-state index is 11.6. The SMILES string of the molecule is CCCCC(=O)N1CCOC(CN)C1.Cl. The molecule has 90 valence electrons. The fourth-order valence-electron chi connectivity index (χ4n) is 1.57. The molecule has 0 radical (unpaired) electrons. The zero-order chi connectivity index (χ0) is 10.4. The van der Waals surface area contributed by atoms with Gasteiger partial charge in [0, 0.05) is 26.1 Å². The number of carbonyl (C=O) groups is 1. The van der Waals surface area contributed by atoms with Crippen molar-refractivity contribution in [3.8, 4) is 0 Å². The highest BCUT2D eigenvalue weighted by Gasteiger charge is 2.22. The molecule has 0 bridgehead atoms. The van der Waals surface area contributed by atoms with Crippen LogP contribution in [0, 0.1) is 0 Å². The second-order valence-electron chi connectivity index (χ2n) is 3.67. The van der Waals surface area contributed by atoms with Gasteiger partial charge in [-0.15, -0.1) is 12.4 Å². The molecule has 0 aromatic heterocycles. The Kier molecular flexibility index (Phi) is 7.74. The zero-order valence-electron chi connectivity index (χ0n) is 9.28. The van der Waals surface area contributed by atoms with E-state index in [2.05, 4.69) is 6.92 Å². The molecule has 1 fully saturated rings. The van der Waals surface area contributed by atoms with Crippen LogP contribution in [0.1, 0.15) is 26.2 Å². The van der Waals surface area contributed by atoms with Crippen molar-refractivity contribution < 1.29 is 9.53 Å². The Balaban J connectivity index is 0.00000196. The number of morpholine rings is 1. The number of rotatable bonds is 4. The molecule has 1 rings (SSSR count). The fourth-order valence-corrected chi connectivity index (χ4v) is 1.57. The van der Waals surface area contributed by atoms with Crippen LogP contribution in [-0.2, 0) is 9.53 Å². The van der Waals surface area contributed by atoms with Crippen LogP contribution in [0.4, 0.5) is 0 Å². The lowest BCUT2D eigenvalue weighted by Gasteiger charge is -2.32. The molecule has 1 aliphatic heterocycles. The Hall–Kier alpha value is -0.320. The first-order chi connectivity index (χ1) is 6.77. The zero-order valence-corrected chi connectivity index (χ0v) is 10.1. The first kappa shape index (κ1) is 14.7. The number of nitrogens with zero attached hydrogens (tertiary/aromatic N) is 1. The Morgan fingerprint density at radius 3 is 2.93 bits per heavy atom. The summed E-state index contributed by atoms with van der Waals surface area (Å²) in [6.45, 7) is 4.60. The van der Waals surface area contributed by atoms with E-state index in [-0.39, 0.29) is 24.4 Å². The number of ether oxygens (including phenoxy) is 1. The van der Waals surface area contributed by atoms with Gasteiger partial charge in [-0.25, -0.2) is 0 Å². The summed E-state index contributed by atoms with van der Waals surface area (Å²) in [6.07, 6.45) is 2.74. The van der Waals surface area contributed by atoms with Crippen LogP contribution in [0.25, 0.3) is 0 Å². The number of carbonyl (C=O) groups excluding carboxylic acids is 1. The highest BCUT2D eigenvalue weighted by Crippen LogP contribution is 2.07. The predicted molar refractivity (Wildman–Crippen MR) is 62.1 cm³/mol. The minimum Gasteiger partial charge on any atom is -0.373 e. The molecule has 0 aliphatic carbocycles. The Bertz CT molecular complexity index is 190. The third-order valence-corrected chi connectivity index (χ3v) is 2.50. The van der Waals surface area contributed by atoms with Gasteiger partial charge in [0.15, 0.2) is 0 Å². The smallest absolute Gasteiger partial charge is 0.222 e. The average Bonchev–Trinajstić information content (AvgIpc) is 2.26. The largest absolute Gasteiger partial charge is 0.373 e. The highest BCUT2D eigenvalue weighted by atomic mass is 35.5. The van der Waals surface area contributed by atoms with Gasteiger partial charge in [0.25, 0.3) is 0 Å². The molecule has 0 spiro atoms. The van der Waals surface area contributed by atoms with Crippen LogP contribution < -0.4 is 5.73 Å². The maximum absolute atomic E-state index is 11.6. The van der Waals surface area contributed by atoms with E-state index in [1.54, 1.807) is 0 Å². The van der Waals surface area contributed by atoms with Gasteiger partial charge < -0.3 is 15.4 Å². The molecule has 0 aromatic carbocycles. The maximum Gasteiger partial charge on any atom is 0.222 e. The monoisotopic (exact) mass is 236 g/mol. The number of hydrogen-bond donors (Lipinski definition) is 1. The normalized spacial score (nSPS) is 20.9. The minimum absolute atomic E-state index is 0. The average molecular weight is 237 g/mol. The van der Waals surface area contributed by atoms with E-state index in [9.17, 15) is 4.79 Å². The Morgan fingerprint density at radius 2 is 2.33 bits per heavy atom. The lowest BCUT2D eigenvalue weighted by atomic mass is 10.2. The summed E-state index contributed by atoms with van der Waals surface area (Å²) in [5, 5.41) is 0. The first-order valence-electron chi connectivity index (χ1n) is 5.37. The second kappa shape index (κ2) is 7.91. The van der Waals surface area contributed by atoms with Gasteiger partial charge in [-0.2, -0.15) is 0 Å². The number of amides is 1. The molecule has 0 saturated carbocycles. The van der Waals surface area contributed by atoms with Gasteiger partial charge in [-0.1, -0.05) is 13.3 Å². The van der Waals surface area contributed by atoms with E-state index in [0.717, 1.165) is 19.4 Å². The predicted octanol–water partition coefficient (Wildman–Crippen LogP) is 0.784. The molecule has 4 nitrogen and oxygen atoms in total. The lowest BCUT2D eigenvalue weighted by molar-refractivity contribution is -0.138. The number of halogens is 1. The van der Waals surface area contributed by atoms with Crippen molar-refractivity contribution in [1.82, 2.24) is 4.90 Å². The quantitative estimate of drug-likeness (QED) is 0.785. The van der Waals surface area contributed by atoms with Gasteiger partial charge in [0.2, 0.25) is 5.91 Å². The summed E-state index contributed by atoms with van der Waals surface area (Å²) in [5.41, 5.74) is 5.50. The van der Waals surface area contributed by atoms with E-state index in [0.29, 0.717) is 26.1 Å². The van der Waals surface area contributed by atoms with Crippen molar-refractivity contribution >= 4 is 18.3 Å². The molecule has 1 heterocycles. The second-order valence-corrected chi connectivity index (χ2v) is 3.67. The Labute approximate surface area is 97.5 Å². The molecule has 5 heteroatoms. The number of unbranched alkanes of at least 4 members (excludes halogenated alkanes) is 1. The van der Waals surface area contributed by atoms with Gasteiger partial charge >= 0.3 is 0 Å². The molecule has 0 aromatic rings. The van der Waals surface area contributed by atoms with Crippen molar-refractivity contribution in [3.63, 3.8) is 0 Å². The molecule has 1 amide bonds. The lowest BCUT2D eigenvalue weighted by Crippen LogP contribution is -2.48. The summed E-state index contributed by atoms with van der Waals surface area (Å²) in [5.74, 6) is 0.244. The van der Waals surface area contributed by atoms with Gasteiger partial charge in [0.1, 0.15) is 0 Å². The summed E-state index contributed by atoms with van der Waals surface area (Å²) < 4.78 is 5.39. The van der Waals surface area contributed by atoms with Crippen molar-refractivity contribution in [1.29, 1.82) is 0 Å². The first-order valence-corrected chi connectivity index (χ1v) is 5.37. The Morgan fingerprint density at radius 1 is 1.60 bits per heavy atom. The van der Waals surface area contributed by atoms with Crippen LogP contribution in [0.2, 0.25) is 0 Å². The molecule has 15 heavy (non-hydrogen) atoms. The molecule has 1 aliphatic rings. The highest BCUT2D eigenvalue weighted by molar-refractivity contribution is 5.85. The molecular formula is C10H21ClN2O2. The fraction of sp³-hybridized carbons (Fsp3) is 0.900. The van der Waals surface area contributed by atoms with Crippen LogP contribution in [0.15, 0.2) is 0 Å². The summed E-state index contributed by atoms with van der Waals surface area (Å²) in [4.78, 5) is 13.5. The molecule has 1 atom stereocenters. The van der Waals surface area contributed by atoms with Gasteiger partial charge in [-0.05, 0) is 6.42 Å². The topological polar surface area (TPSA) is 55.6 Å². The summed E-state index contributed by atoms with van der Waals surface area (Å²) >= 11 is 0. The van der Waals surface area contributed by atoms with E-state index in [1.807, 2.05) is 4.90 Å². The van der Waals surface area contributed by atoms with E-state index in [4.69, 9.17) is 10.5 Å². The van der Waals surface area contributed by atoms with E-state index in [1.165, 1.54) is 0 Å². The molecular weight excluding hydrogens is 216 g/mol. The molecule has 1 unspecified atom stereocenters. The summed E-state index contributed by atoms with van der Waals surface area (Å²) in [7, 11) is 0. The van der Waals surface area contributed by atoms with Gasteiger partial charge in [0.05, 0.1) is 12.7 Å². The standard InChI is InChI=1S/C10H20N2O2.ClH/c1-2-3-4-10(13)12-5-6-14-9(7-11)8-12;/h9H,2-8,11H2,1H3;1H. The van der Waals surface area contributed by atoms with Crippen LogP contribution in [-0.4, -0.2) is 43.2 Å². The van der Waals surface area contributed by atoms with E-state index < -0.39 is 0 Å². The van der Waals surface area contributed by atoms with Crippen LogP contribution >= 0.6 is 12.4 Å². The van der Waals surface area contributed by atoms with Crippen LogP contribution in [0.5, 0.6) is 0 Å². The van der Waals surface area contributed by atoms with Crippen molar-refractivity contribution in [2.45, 2.75) is 32.3 Å². The summed E-state index contributed by atoms with van der Waals surface area (Å²) in [6, 6.07) is 0. The van der Waals surface area contributed by atoms with Crippen molar-refractivity contribution in [2.75, 3.05) is 26.2 Å². The van der Waals surface area contributed by atoms with Crippen molar-refractivity contribution in [2.24, 2.45) is 5.73 Å². The van der Waals surface area contributed by atoms with Crippen LogP contribution in [0.3, 0.4) is 0 Å². The van der Waals surface area contributed by atoms with E-state index >= 15 is 0 Å². The van der Waals surface area contributed by atoms with Gasteiger partial charge in [-0.3, -0.25) is 4.79 Å². The van der Waals surface area contributed by atoms with Crippen molar-refractivity contribution in [3.05, 3.63) is 0 Å². The number of hydrogen-bond acceptors (Lipinski definition) is 3.